The van der Waals surface area contributed by atoms with Crippen molar-refractivity contribution in [2.24, 2.45) is 0 Å². The van der Waals surface area contributed by atoms with Crippen molar-refractivity contribution in [3.63, 3.8) is 0 Å². The van der Waals surface area contributed by atoms with Crippen LogP contribution in [0.25, 0.3) is 0 Å². The smallest absolute Gasteiger partial charge is 0.340 e. The second kappa shape index (κ2) is 10.7. The van der Waals surface area contributed by atoms with Crippen LogP contribution in [0.2, 0.25) is 10.0 Å². The molecule has 2 aromatic carbocycles. The second-order valence-corrected chi connectivity index (χ2v) is 10.8. The van der Waals surface area contributed by atoms with E-state index in [2.05, 4.69) is 15.4 Å². The van der Waals surface area contributed by atoms with E-state index in [0.717, 1.165) is 11.3 Å². The molecule has 33 heavy (non-hydrogen) atoms. The SMILES string of the molecule is CCc1cc(C(=O)OC)c(NC(=S)Nc2ccc(S(=O)(=O)Nc3cc(Cl)cc(Cl)c3)cc2)s1. The summed E-state index contributed by atoms with van der Waals surface area (Å²) in [6.45, 7) is 1.98. The van der Waals surface area contributed by atoms with Gasteiger partial charge >= 0.3 is 5.97 Å². The lowest BCUT2D eigenvalue weighted by Gasteiger charge is -2.12. The second-order valence-electron chi connectivity index (χ2n) is 6.67. The molecule has 1 heterocycles. The van der Waals surface area contributed by atoms with Crippen LogP contribution in [-0.4, -0.2) is 26.6 Å². The number of sulfonamides is 1. The predicted octanol–water partition coefficient (Wildman–Crippen LogP) is 6.01. The lowest BCUT2D eigenvalue weighted by atomic mass is 10.2. The van der Waals surface area contributed by atoms with Crippen molar-refractivity contribution in [2.45, 2.75) is 18.2 Å². The molecule has 0 aliphatic carbocycles. The minimum absolute atomic E-state index is 0.0434. The van der Waals surface area contributed by atoms with Crippen LogP contribution in [0.4, 0.5) is 16.4 Å². The zero-order valence-electron chi connectivity index (χ0n) is 17.4. The number of halogens is 2. The van der Waals surface area contributed by atoms with Gasteiger partial charge in [0, 0.05) is 20.6 Å². The molecular weight excluding hydrogens is 525 g/mol. The average Bonchev–Trinajstić information content (AvgIpc) is 3.15. The van der Waals surface area contributed by atoms with Crippen molar-refractivity contribution < 1.29 is 17.9 Å². The molecule has 0 unspecified atom stereocenters. The number of rotatable bonds is 7. The number of nitrogens with one attached hydrogen (secondary N) is 3. The summed E-state index contributed by atoms with van der Waals surface area (Å²) in [5, 5.41) is 7.41. The van der Waals surface area contributed by atoms with E-state index in [9.17, 15) is 13.2 Å². The highest BCUT2D eigenvalue weighted by atomic mass is 35.5. The number of aryl methyl sites for hydroxylation is 1. The summed E-state index contributed by atoms with van der Waals surface area (Å²) in [4.78, 5) is 13.1. The first kappa shape index (κ1) is 25.3. The van der Waals surface area contributed by atoms with E-state index in [4.69, 9.17) is 40.2 Å². The fourth-order valence-corrected chi connectivity index (χ4v) is 5.62. The Labute approximate surface area is 211 Å². The molecule has 0 atom stereocenters. The molecule has 1 aromatic heterocycles. The van der Waals surface area contributed by atoms with Crippen LogP contribution >= 0.6 is 46.8 Å². The Balaban J connectivity index is 1.70. The number of benzene rings is 2. The number of hydrogen-bond acceptors (Lipinski definition) is 6. The van der Waals surface area contributed by atoms with Crippen LogP contribution in [0.1, 0.15) is 22.2 Å². The third-order valence-corrected chi connectivity index (χ3v) is 7.53. The van der Waals surface area contributed by atoms with Gasteiger partial charge in [-0.2, -0.15) is 0 Å². The maximum absolute atomic E-state index is 12.7. The quantitative estimate of drug-likeness (QED) is 0.248. The molecule has 174 valence electrons. The Morgan fingerprint density at radius 1 is 1.03 bits per heavy atom. The van der Waals surface area contributed by atoms with E-state index in [1.807, 2.05) is 6.92 Å². The van der Waals surface area contributed by atoms with E-state index in [-0.39, 0.29) is 15.7 Å². The monoisotopic (exact) mass is 543 g/mol. The largest absolute Gasteiger partial charge is 0.465 e. The fourth-order valence-electron chi connectivity index (χ4n) is 2.78. The van der Waals surface area contributed by atoms with Gasteiger partial charge in [-0.25, -0.2) is 13.2 Å². The molecule has 0 aliphatic heterocycles. The minimum atomic E-state index is -3.85. The summed E-state index contributed by atoms with van der Waals surface area (Å²) in [6, 6.07) is 12.2. The number of thiocarbonyl (C=S) groups is 1. The Morgan fingerprint density at radius 3 is 2.24 bits per heavy atom. The first-order valence-electron chi connectivity index (χ1n) is 9.49. The van der Waals surface area contributed by atoms with Crippen LogP contribution in [-0.2, 0) is 21.2 Å². The van der Waals surface area contributed by atoms with Crippen molar-refractivity contribution >= 4 is 84.2 Å². The zero-order valence-corrected chi connectivity index (χ0v) is 21.4. The molecule has 0 saturated heterocycles. The van der Waals surface area contributed by atoms with Gasteiger partial charge < -0.3 is 15.4 Å². The first-order valence-corrected chi connectivity index (χ1v) is 13.0. The van der Waals surface area contributed by atoms with Crippen molar-refractivity contribution in [3.05, 3.63) is 69.0 Å². The summed E-state index contributed by atoms with van der Waals surface area (Å²) >= 11 is 18.6. The zero-order chi connectivity index (χ0) is 24.2. The molecule has 0 aliphatic rings. The first-order chi connectivity index (χ1) is 15.6. The van der Waals surface area contributed by atoms with E-state index >= 15 is 0 Å². The van der Waals surface area contributed by atoms with Crippen LogP contribution in [0.5, 0.6) is 0 Å². The van der Waals surface area contributed by atoms with Gasteiger partial charge in [0.2, 0.25) is 0 Å². The van der Waals surface area contributed by atoms with Gasteiger partial charge in [-0.05, 0) is 67.2 Å². The van der Waals surface area contributed by atoms with Crippen molar-refractivity contribution in [1.82, 2.24) is 0 Å². The van der Waals surface area contributed by atoms with E-state index < -0.39 is 16.0 Å². The molecule has 0 saturated carbocycles. The van der Waals surface area contributed by atoms with Crippen molar-refractivity contribution in [2.75, 3.05) is 22.5 Å². The summed E-state index contributed by atoms with van der Waals surface area (Å²) in [7, 11) is -2.54. The lowest BCUT2D eigenvalue weighted by molar-refractivity contribution is 0.0602. The number of hydrogen-bond donors (Lipinski definition) is 3. The van der Waals surface area contributed by atoms with Crippen molar-refractivity contribution in [3.8, 4) is 0 Å². The maximum atomic E-state index is 12.7. The van der Waals surface area contributed by atoms with Crippen LogP contribution in [0, 0.1) is 0 Å². The van der Waals surface area contributed by atoms with Crippen LogP contribution in [0.3, 0.4) is 0 Å². The number of esters is 1. The fraction of sp³-hybridized carbons (Fsp3) is 0.143. The molecule has 3 rings (SSSR count). The van der Waals surface area contributed by atoms with Gasteiger partial charge in [-0.15, -0.1) is 11.3 Å². The van der Waals surface area contributed by atoms with Gasteiger partial charge in [0.05, 0.1) is 23.3 Å². The Bertz CT molecular complexity index is 1270. The molecule has 3 aromatic rings. The molecule has 0 amide bonds. The van der Waals surface area contributed by atoms with E-state index in [1.165, 1.54) is 48.8 Å². The highest BCUT2D eigenvalue weighted by molar-refractivity contribution is 7.92. The normalized spacial score (nSPS) is 11.0. The number of methoxy groups -OCH3 is 1. The summed E-state index contributed by atoms with van der Waals surface area (Å²) in [6.07, 6.45) is 0.766. The predicted molar refractivity (Wildman–Crippen MR) is 139 cm³/mol. The Morgan fingerprint density at radius 2 is 1.67 bits per heavy atom. The Hall–Kier alpha value is -2.37. The number of anilines is 3. The van der Waals surface area contributed by atoms with Crippen LogP contribution < -0.4 is 15.4 Å². The summed E-state index contributed by atoms with van der Waals surface area (Å²) in [5.74, 6) is -0.459. The van der Waals surface area contributed by atoms with E-state index in [1.54, 1.807) is 18.2 Å². The molecule has 3 N–H and O–H groups in total. The van der Waals surface area contributed by atoms with Gasteiger partial charge in [0.25, 0.3) is 10.0 Å². The van der Waals surface area contributed by atoms with Crippen molar-refractivity contribution in [1.29, 1.82) is 0 Å². The van der Waals surface area contributed by atoms with Gasteiger partial charge in [-0.1, -0.05) is 30.1 Å². The molecular formula is C21H19Cl2N3O4S3. The van der Waals surface area contributed by atoms with Gasteiger partial charge in [-0.3, -0.25) is 4.72 Å². The van der Waals surface area contributed by atoms with E-state index in [0.29, 0.717) is 26.3 Å². The number of carbonyl (C=O) groups is 1. The van der Waals surface area contributed by atoms with Gasteiger partial charge in [0.15, 0.2) is 5.11 Å². The summed E-state index contributed by atoms with van der Waals surface area (Å²) in [5.41, 5.74) is 1.21. The number of thiophene rings is 1. The molecule has 12 heteroatoms. The standard InChI is InChI=1S/C21H19Cl2N3O4S3/c1-3-16-11-18(20(27)30-2)19(32-16)25-21(31)24-14-4-6-17(7-5-14)33(28,29)26-15-9-12(22)8-13(23)10-15/h4-11,26H,3H2,1-2H3,(H2,24,25,31). The van der Waals surface area contributed by atoms with Crippen LogP contribution in [0.15, 0.2) is 53.4 Å². The van der Waals surface area contributed by atoms with Gasteiger partial charge in [0.1, 0.15) is 5.00 Å². The topological polar surface area (TPSA) is 96.5 Å². The molecule has 0 fully saturated rings. The molecule has 7 nitrogen and oxygen atoms in total. The minimum Gasteiger partial charge on any atom is -0.465 e. The molecule has 0 bridgehead atoms. The third-order valence-electron chi connectivity index (χ3n) is 4.30. The molecule has 0 spiro atoms. The maximum Gasteiger partial charge on any atom is 0.340 e. The third kappa shape index (κ3) is 6.58. The highest BCUT2D eigenvalue weighted by Crippen LogP contribution is 2.30. The summed E-state index contributed by atoms with van der Waals surface area (Å²) < 4.78 is 32.6. The number of ether oxygens (including phenoxy) is 1. The molecule has 0 radical (unpaired) electrons. The number of carbonyl (C=O) groups excluding carboxylic acids is 1. The highest BCUT2D eigenvalue weighted by Gasteiger charge is 2.18. The Kier molecular flexibility index (Phi) is 8.19. The lowest BCUT2D eigenvalue weighted by Crippen LogP contribution is -2.20. The average molecular weight is 545 g/mol.